The fourth-order valence-electron chi connectivity index (χ4n) is 3.00. The number of fused-ring (bicyclic) bond motifs is 1. The first-order valence-electron chi connectivity index (χ1n) is 7.26. The van der Waals surface area contributed by atoms with Crippen LogP contribution in [0.3, 0.4) is 0 Å². The number of rotatable bonds is 3. The summed E-state index contributed by atoms with van der Waals surface area (Å²) in [7, 11) is 0. The van der Waals surface area contributed by atoms with E-state index in [2.05, 4.69) is 17.3 Å². The highest BCUT2D eigenvalue weighted by molar-refractivity contribution is 5.94. The molecule has 2 aromatic rings. The number of nitrogens with one attached hydrogen (secondary N) is 1. The molecule has 5 heteroatoms. The molecule has 3 rings (SSSR count). The largest absolute Gasteiger partial charge is 0.508 e. The van der Waals surface area contributed by atoms with Gasteiger partial charge in [0.15, 0.2) is 5.82 Å². The van der Waals surface area contributed by atoms with Gasteiger partial charge < -0.3 is 10.4 Å². The minimum atomic E-state index is -0.0496. The van der Waals surface area contributed by atoms with Crippen molar-refractivity contribution >= 4 is 11.7 Å². The molecule has 1 aliphatic heterocycles. The van der Waals surface area contributed by atoms with Crippen LogP contribution in [0.4, 0.5) is 5.82 Å². The maximum absolute atomic E-state index is 12.0. The van der Waals surface area contributed by atoms with Crippen molar-refractivity contribution in [1.82, 2.24) is 9.78 Å². The highest BCUT2D eigenvalue weighted by Gasteiger charge is 2.31. The number of benzene rings is 1. The van der Waals surface area contributed by atoms with E-state index in [0.29, 0.717) is 12.2 Å². The van der Waals surface area contributed by atoms with Crippen LogP contribution < -0.4 is 5.32 Å². The second-order valence-corrected chi connectivity index (χ2v) is 5.47. The summed E-state index contributed by atoms with van der Waals surface area (Å²) in [6.07, 6.45) is 1.38. The quantitative estimate of drug-likeness (QED) is 0.911. The molecule has 110 valence electrons. The normalized spacial score (nSPS) is 17.4. The van der Waals surface area contributed by atoms with Crippen LogP contribution in [-0.4, -0.2) is 20.8 Å². The molecule has 0 fully saturated rings. The van der Waals surface area contributed by atoms with E-state index in [1.54, 1.807) is 12.1 Å². The Hall–Kier alpha value is -2.30. The van der Waals surface area contributed by atoms with Gasteiger partial charge >= 0.3 is 0 Å². The zero-order valence-electron chi connectivity index (χ0n) is 12.3. The average molecular weight is 285 g/mol. The third kappa shape index (κ3) is 2.39. The number of hydrogen-bond acceptors (Lipinski definition) is 3. The Balaban J connectivity index is 2.10. The van der Waals surface area contributed by atoms with Crippen LogP contribution in [0, 0.1) is 6.92 Å². The lowest BCUT2D eigenvalue weighted by Gasteiger charge is -2.23. The lowest BCUT2D eigenvalue weighted by molar-refractivity contribution is -0.116. The van der Waals surface area contributed by atoms with Crippen LogP contribution in [-0.2, 0) is 11.3 Å². The zero-order valence-corrected chi connectivity index (χ0v) is 12.3. The van der Waals surface area contributed by atoms with Gasteiger partial charge in [-0.3, -0.25) is 9.48 Å². The first-order valence-corrected chi connectivity index (χ1v) is 7.26. The Morgan fingerprint density at radius 1 is 1.48 bits per heavy atom. The monoisotopic (exact) mass is 285 g/mol. The van der Waals surface area contributed by atoms with Crippen molar-refractivity contribution in [2.24, 2.45) is 0 Å². The van der Waals surface area contributed by atoms with Crippen LogP contribution in [0.5, 0.6) is 5.75 Å². The van der Waals surface area contributed by atoms with Crippen molar-refractivity contribution in [1.29, 1.82) is 0 Å². The second-order valence-electron chi connectivity index (χ2n) is 5.47. The summed E-state index contributed by atoms with van der Waals surface area (Å²) in [6, 6.07) is 7.12. The van der Waals surface area contributed by atoms with Gasteiger partial charge in [0.25, 0.3) is 0 Å². The minimum Gasteiger partial charge on any atom is -0.508 e. The van der Waals surface area contributed by atoms with E-state index in [0.717, 1.165) is 29.8 Å². The van der Waals surface area contributed by atoms with Crippen molar-refractivity contribution in [3.8, 4) is 5.75 Å². The van der Waals surface area contributed by atoms with E-state index in [1.165, 1.54) is 0 Å². The number of phenolic OH excluding ortho intramolecular Hbond substituents is 1. The molecule has 1 aromatic heterocycles. The van der Waals surface area contributed by atoms with E-state index in [1.807, 2.05) is 23.7 Å². The van der Waals surface area contributed by atoms with Crippen molar-refractivity contribution in [2.45, 2.75) is 39.2 Å². The molecule has 1 aromatic carbocycles. The number of aryl methyl sites for hydroxylation is 1. The van der Waals surface area contributed by atoms with Gasteiger partial charge in [-0.2, -0.15) is 5.10 Å². The van der Waals surface area contributed by atoms with Crippen LogP contribution in [0.15, 0.2) is 24.3 Å². The van der Waals surface area contributed by atoms with E-state index < -0.39 is 0 Å². The van der Waals surface area contributed by atoms with Crippen molar-refractivity contribution in [2.75, 3.05) is 5.32 Å². The molecule has 0 bridgehead atoms. The summed E-state index contributed by atoms with van der Waals surface area (Å²) in [5, 5.41) is 17.1. The summed E-state index contributed by atoms with van der Waals surface area (Å²) >= 11 is 0. The first-order chi connectivity index (χ1) is 10.1. The number of phenols is 1. The molecule has 1 amide bonds. The molecule has 5 nitrogen and oxygen atoms in total. The van der Waals surface area contributed by atoms with Gasteiger partial charge in [-0.05, 0) is 31.0 Å². The number of carbonyl (C=O) groups excluding carboxylic acids is 1. The Morgan fingerprint density at radius 3 is 3.00 bits per heavy atom. The molecule has 0 saturated carbocycles. The Labute approximate surface area is 123 Å². The number of aromatic nitrogens is 2. The molecular formula is C16H19N3O2. The number of nitrogens with zero attached hydrogens (tertiary/aromatic N) is 2. The lowest BCUT2D eigenvalue weighted by Crippen LogP contribution is -2.23. The predicted molar refractivity (Wildman–Crippen MR) is 80.5 cm³/mol. The third-order valence-corrected chi connectivity index (χ3v) is 3.96. The number of amides is 1. The van der Waals surface area contributed by atoms with Gasteiger partial charge in [-0.1, -0.05) is 19.1 Å². The van der Waals surface area contributed by atoms with Crippen molar-refractivity contribution < 1.29 is 9.90 Å². The van der Waals surface area contributed by atoms with Gasteiger partial charge in [-0.15, -0.1) is 0 Å². The predicted octanol–water partition coefficient (Wildman–Crippen LogP) is 2.78. The van der Waals surface area contributed by atoms with Gasteiger partial charge in [0.2, 0.25) is 5.91 Å². The third-order valence-electron chi connectivity index (χ3n) is 3.96. The first kappa shape index (κ1) is 13.7. The molecule has 21 heavy (non-hydrogen) atoms. The molecule has 0 radical (unpaired) electrons. The van der Waals surface area contributed by atoms with Gasteiger partial charge in [0.1, 0.15) is 5.75 Å². The Bertz CT molecular complexity index is 691. The Kier molecular flexibility index (Phi) is 3.41. The van der Waals surface area contributed by atoms with Crippen LogP contribution in [0.1, 0.15) is 42.5 Å². The van der Waals surface area contributed by atoms with Crippen LogP contribution in [0.2, 0.25) is 0 Å². The van der Waals surface area contributed by atoms with E-state index in [-0.39, 0.29) is 17.6 Å². The SMILES string of the molecule is CCCn1nc2c(c1C)C(c1cccc(O)c1)CC(=O)N2. The van der Waals surface area contributed by atoms with E-state index >= 15 is 0 Å². The molecule has 0 aliphatic carbocycles. The summed E-state index contributed by atoms with van der Waals surface area (Å²) in [5.41, 5.74) is 3.10. The van der Waals surface area contributed by atoms with Crippen LogP contribution >= 0.6 is 0 Å². The molecule has 2 N–H and O–H groups in total. The maximum atomic E-state index is 12.0. The lowest BCUT2D eigenvalue weighted by atomic mass is 9.86. The van der Waals surface area contributed by atoms with Gasteiger partial charge in [-0.25, -0.2) is 0 Å². The molecule has 0 spiro atoms. The number of carbonyl (C=O) groups is 1. The summed E-state index contributed by atoms with van der Waals surface area (Å²) in [5.74, 6) is 0.799. The van der Waals surface area contributed by atoms with E-state index in [4.69, 9.17) is 0 Å². The fourth-order valence-corrected chi connectivity index (χ4v) is 3.00. The van der Waals surface area contributed by atoms with Crippen molar-refractivity contribution in [3.63, 3.8) is 0 Å². The number of hydrogen-bond donors (Lipinski definition) is 2. The standard InChI is InChI=1S/C16H19N3O2/c1-3-7-19-10(2)15-13(9-14(21)17-16(15)18-19)11-5-4-6-12(20)8-11/h4-6,8,13,20H,3,7,9H2,1-2H3,(H,17,18,21). The zero-order chi connectivity index (χ0) is 15.0. The smallest absolute Gasteiger partial charge is 0.226 e. The number of aromatic hydroxyl groups is 1. The molecule has 1 atom stereocenters. The minimum absolute atomic E-state index is 0.0306. The van der Waals surface area contributed by atoms with E-state index in [9.17, 15) is 9.90 Å². The fraction of sp³-hybridized carbons (Fsp3) is 0.375. The van der Waals surface area contributed by atoms with Crippen LogP contribution in [0.25, 0.3) is 0 Å². The molecule has 1 unspecified atom stereocenters. The molecular weight excluding hydrogens is 266 g/mol. The topological polar surface area (TPSA) is 67.1 Å². The van der Waals surface area contributed by atoms with Gasteiger partial charge in [0.05, 0.1) is 0 Å². The molecule has 1 aliphatic rings. The average Bonchev–Trinajstić information content (AvgIpc) is 2.75. The maximum Gasteiger partial charge on any atom is 0.226 e. The molecule has 0 saturated heterocycles. The highest BCUT2D eigenvalue weighted by atomic mass is 16.3. The van der Waals surface area contributed by atoms with Gasteiger partial charge in [0, 0.05) is 30.1 Å². The highest BCUT2D eigenvalue weighted by Crippen LogP contribution is 2.39. The summed E-state index contributed by atoms with van der Waals surface area (Å²) in [4.78, 5) is 12.0. The number of anilines is 1. The van der Waals surface area contributed by atoms with Crippen molar-refractivity contribution in [3.05, 3.63) is 41.1 Å². The Morgan fingerprint density at radius 2 is 2.29 bits per heavy atom. The second kappa shape index (κ2) is 5.24. The molecule has 2 heterocycles. The summed E-state index contributed by atoms with van der Waals surface area (Å²) in [6.45, 7) is 4.97. The summed E-state index contributed by atoms with van der Waals surface area (Å²) < 4.78 is 1.95.